The minimum atomic E-state index is -0.610. The monoisotopic (exact) mass is 315 g/mol. The number of rotatable bonds is 1. The molecule has 0 aromatic carbocycles. The molecule has 0 aromatic rings. The normalized spacial score (nSPS) is 15.7. The summed E-state index contributed by atoms with van der Waals surface area (Å²) in [6.07, 6.45) is 1.37. The number of nitrogens with one attached hydrogen (secondary N) is 2. The van der Waals surface area contributed by atoms with E-state index in [1.807, 2.05) is 0 Å². The van der Waals surface area contributed by atoms with Crippen molar-refractivity contribution in [3.63, 3.8) is 0 Å². The van der Waals surface area contributed by atoms with E-state index in [0.29, 0.717) is 0 Å². The van der Waals surface area contributed by atoms with Crippen LogP contribution in [0.4, 0.5) is 4.79 Å². The molecule has 21 heavy (non-hydrogen) atoms. The van der Waals surface area contributed by atoms with Crippen LogP contribution in [0.5, 0.6) is 0 Å². The molecule has 118 valence electrons. The lowest BCUT2D eigenvalue weighted by molar-refractivity contribution is -0.116. The highest BCUT2D eigenvalue weighted by Crippen LogP contribution is 2.19. The van der Waals surface area contributed by atoms with Crippen molar-refractivity contribution in [3.05, 3.63) is 11.3 Å². The zero-order valence-corrected chi connectivity index (χ0v) is 13.5. The van der Waals surface area contributed by atoms with Gasteiger partial charge in [0.2, 0.25) is 0 Å². The molecule has 0 saturated heterocycles. The quantitative estimate of drug-likeness (QED) is 0.506. The van der Waals surface area contributed by atoms with Gasteiger partial charge in [-0.3, -0.25) is 10.2 Å². The standard InChI is InChI=1S/C13H21N3O4S/c1-13(2,3)20-12(19)16-6-5-8(9(17)7-16)10(18)15-11(14)21-4/h17H,5-7H2,1-4H3,(H2,14,15,18). The minimum Gasteiger partial charge on any atom is -0.510 e. The van der Waals surface area contributed by atoms with E-state index in [1.165, 1.54) is 4.90 Å². The molecule has 8 heteroatoms. The van der Waals surface area contributed by atoms with Gasteiger partial charge in [0, 0.05) is 6.54 Å². The second-order valence-corrected chi connectivity index (χ2v) is 6.38. The van der Waals surface area contributed by atoms with E-state index in [1.54, 1.807) is 27.0 Å². The Balaban J connectivity index is 2.70. The van der Waals surface area contributed by atoms with Crippen LogP contribution in [0.2, 0.25) is 0 Å². The number of nitrogens with zero attached hydrogens (tertiary/aromatic N) is 1. The third-order valence-electron chi connectivity index (χ3n) is 2.68. The predicted molar refractivity (Wildman–Crippen MR) is 81.5 cm³/mol. The largest absolute Gasteiger partial charge is 0.510 e. The summed E-state index contributed by atoms with van der Waals surface area (Å²) in [5, 5.41) is 19.7. The number of hydrogen-bond acceptors (Lipinski definition) is 6. The van der Waals surface area contributed by atoms with E-state index in [0.717, 1.165) is 11.8 Å². The number of aliphatic hydroxyl groups is 1. The van der Waals surface area contributed by atoms with Gasteiger partial charge in [-0.15, -0.1) is 0 Å². The molecule has 0 fully saturated rings. The van der Waals surface area contributed by atoms with Crippen LogP contribution in [0.25, 0.3) is 0 Å². The number of ether oxygens (including phenoxy) is 1. The Morgan fingerprint density at radius 1 is 1.43 bits per heavy atom. The Hall–Kier alpha value is -1.70. The van der Waals surface area contributed by atoms with Crippen molar-refractivity contribution in [2.75, 3.05) is 19.3 Å². The van der Waals surface area contributed by atoms with Crippen molar-refractivity contribution in [2.24, 2.45) is 0 Å². The third kappa shape index (κ3) is 5.30. The van der Waals surface area contributed by atoms with Crippen LogP contribution in [-0.4, -0.2) is 52.1 Å². The Morgan fingerprint density at radius 3 is 2.52 bits per heavy atom. The van der Waals surface area contributed by atoms with Crippen LogP contribution < -0.4 is 5.32 Å². The Bertz CT molecular complexity index is 482. The second kappa shape index (κ2) is 6.84. The lowest BCUT2D eigenvalue weighted by Crippen LogP contribution is -2.42. The summed E-state index contributed by atoms with van der Waals surface area (Å²) in [6, 6.07) is 0. The molecule has 1 heterocycles. The van der Waals surface area contributed by atoms with Crippen molar-refractivity contribution in [1.29, 1.82) is 5.41 Å². The predicted octanol–water partition coefficient (Wildman–Crippen LogP) is 1.85. The molecule has 0 saturated carbocycles. The number of amidine groups is 1. The molecule has 1 aliphatic rings. The summed E-state index contributed by atoms with van der Waals surface area (Å²) in [7, 11) is 0. The molecule has 1 aliphatic heterocycles. The van der Waals surface area contributed by atoms with Crippen LogP contribution in [0.1, 0.15) is 27.2 Å². The van der Waals surface area contributed by atoms with E-state index in [2.05, 4.69) is 5.32 Å². The fourth-order valence-corrected chi connectivity index (χ4v) is 1.90. The Labute approximate surface area is 128 Å². The average Bonchev–Trinajstić information content (AvgIpc) is 2.36. The molecule has 1 rings (SSSR count). The highest BCUT2D eigenvalue weighted by molar-refractivity contribution is 8.13. The van der Waals surface area contributed by atoms with Gasteiger partial charge < -0.3 is 20.1 Å². The zero-order chi connectivity index (χ0) is 16.2. The Kier molecular flexibility index (Phi) is 5.65. The first-order chi connectivity index (χ1) is 9.64. The maximum atomic E-state index is 11.9. The van der Waals surface area contributed by atoms with E-state index in [-0.39, 0.29) is 36.0 Å². The fraction of sp³-hybridized carbons (Fsp3) is 0.615. The molecule has 3 N–H and O–H groups in total. The number of thioether (sulfide) groups is 1. The number of aliphatic hydroxyl groups excluding tert-OH is 1. The molecular formula is C13H21N3O4S. The smallest absolute Gasteiger partial charge is 0.410 e. The van der Waals surface area contributed by atoms with Crippen molar-refractivity contribution in [2.45, 2.75) is 32.8 Å². The van der Waals surface area contributed by atoms with Crippen LogP contribution in [-0.2, 0) is 9.53 Å². The molecule has 0 bridgehead atoms. The first-order valence-corrected chi connectivity index (χ1v) is 7.69. The van der Waals surface area contributed by atoms with Gasteiger partial charge in [-0.1, -0.05) is 11.8 Å². The van der Waals surface area contributed by atoms with Gasteiger partial charge in [-0.25, -0.2) is 4.79 Å². The van der Waals surface area contributed by atoms with Crippen LogP contribution in [0.3, 0.4) is 0 Å². The van der Waals surface area contributed by atoms with E-state index < -0.39 is 17.6 Å². The van der Waals surface area contributed by atoms with Crippen molar-refractivity contribution in [1.82, 2.24) is 10.2 Å². The number of hydrogen-bond donors (Lipinski definition) is 3. The van der Waals surface area contributed by atoms with E-state index >= 15 is 0 Å². The summed E-state index contributed by atoms with van der Waals surface area (Å²) in [4.78, 5) is 25.1. The van der Waals surface area contributed by atoms with Crippen LogP contribution >= 0.6 is 11.8 Å². The van der Waals surface area contributed by atoms with Crippen molar-refractivity contribution < 1.29 is 19.4 Å². The number of carbonyl (C=O) groups excluding carboxylic acids is 2. The SMILES string of the molecule is CSC(=N)NC(=O)C1=C(O)CN(C(=O)OC(C)(C)C)CC1. The lowest BCUT2D eigenvalue weighted by Gasteiger charge is -2.30. The molecule has 2 amide bonds. The van der Waals surface area contributed by atoms with Crippen LogP contribution in [0.15, 0.2) is 11.3 Å². The van der Waals surface area contributed by atoms with Crippen molar-refractivity contribution >= 4 is 28.9 Å². The molecule has 0 unspecified atom stereocenters. The first-order valence-electron chi connectivity index (χ1n) is 6.47. The van der Waals surface area contributed by atoms with Gasteiger partial charge >= 0.3 is 6.09 Å². The maximum Gasteiger partial charge on any atom is 0.410 e. The Morgan fingerprint density at radius 2 is 2.05 bits per heavy atom. The van der Waals surface area contributed by atoms with Gasteiger partial charge in [0.1, 0.15) is 11.4 Å². The molecule has 7 nitrogen and oxygen atoms in total. The zero-order valence-electron chi connectivity index (χ0n) is 12.6. The fourth-order valence-electron chi connectivity index (χ4n) is 1.70. The van der Waals surface area contributed by atoms with Gasteiger partial charge in [0.15, 0.2) is 5.17 Å². The molecule has 0 aromatic heterocycles. The summed E-state index contributed by atoms with van der Waals surface area (Å²) in [5.74, 6) is -0.672. The molecule has 0 atom stereocenters. The number of amides is 2. The minimum absolute atomic E-state index is 0.00914. The maximum absolute atomic E-state index is 11.9. The van der Waals surface area contributed by atoms with E-state index in [9.17, 15) is 14.7 Å². The summed E-state index contributed by atoms with van der Waals surface area (Å²) in [5.41, 5.74) is -0.407. The third-order valence-corrected chi connectivity index (χ3v) is 3.19. The summed E-state index contributed by atoms with van der Waals surface area (Å²) >= 11 is 1.09. The highest BCUT2D eigenvalue weighted by Gasteiger charge is 2.29. The van der Waals surface area contributed by atoms with Crippen molar-refractivity contribution in [3.8, 4) is 0 Å². The molecule has 0 radical (unpaired) electrons. The highest BCUT2D eigenvalue weighted by atomic mass is 32.2. The number of carbonyl (C=O) groups is 2. The van der Waals surface area contributed by atoms with Gasteiger partial charge in [-0.05, 0) is 33.4 Å². The second-order valence-electron chi connectivity index (χ2n) is 5.56. The van der Waals surface area contributed by atoms with Gasteiger partial charge in [-0.2, -0.15) is 0 Å². The molecule has 0 spiro atoms. The van der Waals surface area contributed by atoms with Gasteiger partial charge in [0.25, 0.3) is 5.91 Å². The summed E-state index contributed by atoms with van der Waals surface area (Å²) in [6.45, 7) is 5.50. The van der Waals surface area contributed by atoms with E-state index in [4.69, 9.17) is 10.1 Å². The van der Waals surface area contributed by atoms with Crippen LogP contribution in [0, 0.1) is 5.41 Å². The molecule has 0 aliphatic carbocycles. The van der Waals surface area contributed by atoms with Gasteiger partial charge in [0.05, 0.1) is 12.1 Å². The lowest BCUT2D eigenvalue weighted by atomic mass is 10.1. The summed E-state index contributed by atoms with van der Waals surface area (Å²) < 4.78 is 5.22. The first kappa shape index (κ1) is 17.4. The topological polar surface area (TPSA) is 103 Å². The molecular weight excluding hydrogens is 294 g/mol. The average molecular weight is 315 g/mol.